The molecule has 1 spiro atoms. The third-order valence-corrected chi connectivity index (χ3v) is 3.59. The summed E-state index contributed by atoms with van der Waals surface area (Å²) in [5.41, 5.74) is 0. The quantitative estimate of drug-likeness (QED) is 0.584. The summed E-state index contributed by atoms with van der Waals surface area (Å²) in [7, 11) is 0. The Morgan fingerprint density at radius 2 is 2.14 bits per heavy atom. The summed E-state index contributed by atoms with van der Waals surface area (Å²) in [6.45, 7) is 5.90. The van der Waals surface area contributed by atoms with E-state index in [4.69, 9.17) is 9.47 Å². The highest BCUT2D eigenvalue weighted by Gasteiger charge is 2.44. The van der Waals surface area contributed by atoms with Crippen molar-refractivity contribution in [3.63, 3.8) is 0 Å². The van der Waals surface area contributed by atoms with E-state index < -0.39 is 0 Å². The summed E-state index contributed by atoms with van der Waals surface area (Å²) < 4.78 is 11.5. The molecule has 80 valence electrons. The minimum atomic E-state index is -0.242. The number of ether oxygens (including phenoxy) is 2. The molecule has 0 aliphatic carbocycles. The van der Waals surface area contributed by atoms with Crippen LogP contribution in [0.25, 0.3) is 0 Å². The molecule has 3 fully saturated rings. The van der Waals surface area contributed by atoms with Crippen LogP contribution in [0.3, 0.4) is 0 Å². The van der Waals surface area contributed by atoms with Crippen LogP contribution >= 0.6 is 0 Å². The first kappa shape index (κ1) is 9.09. The molecule has 1 N–H and O–H groups in total. The second-order valence-corrected chi connectivity index (χ2v) is 4.47. The first-order chi connectivity index (χ1) is 6.88. The van der Waals surface area contributed by atoms with Crippen LogP contribution in [0, 0.1) is 0 Å². The highest BCUT2D eigenvalue weighted by atomic mass is 16.7. The van der Waals surface area contributed by atoms with Crippen LogP contribution in [0.2, 0.25) is 0 Å². The fourth-order valence-electron chi connectivity index (χ4n) is 2.80. The first-order valence-electron chi connectivity index (χ1n) is 5.61. The maximum atomic E-state index is 5.75. The largest absolute Gasteiger partial charge is 0.346 e. The lowest BCUT2D eigenvalue weighted by Gasteiger charge is -2.46. The van der Waals surface area contributed by atoms with Crippen molar-refractivity contribution in [2.75, 3.05) is 39.4 Å². The van der Waals surface area contributed by atoms with Gasteiger partial charge >= 0.3 is 0 Å². The molecule has 0 radical (unpaired) electrons. The average molecular weight is 198 g/mol. The number of nitrogens with one attached hydrogen (secondary N) is 1. The molecule has 3 aliphatic rings. The van der Waals surface area contributed by atoms with Crippen molar-refractivity contribution in [3.8, 4) is 0 Å². The zero-order valence-corrected chi connectivity index (χ0v) is 8.50. The third-order valence-electron chi connectivity index (χ3n) is 3.59. The maximum absolute atomic E-state index is 5.75. The van der Waals surface area contributed by atoms with E-state index in [1.165, 1.54) is 6.42 Å². The smallest absolute Gasteiger partial charge is 0.181 e. The number of hydrogen-bond donors (Lipinski definition) is 1. The summed E-state index contributed by atoms with van der Waals surface area (Å²) in [5, 5.41) is 3.44. The van der Waals surface area contributed by atoms with Crippen LogP contribution in [0.4, 0.5) is 0 Å². The molecule has 0 aromatic rings. The van der Waals surface area contributed by atoms with E-state index in [9.17, 15) is 0 Å². The standard InChI is InChI=1S/C10H18N2O2/c1-2-10(13-5-6-14-10)8-12-4-3-11-7-9(1)12/h9,11H,1-8H2. The number of piperidine rings is 1. The molecule has 1 unspecified atom stereocenters. The number of nitrogens with zero attached hydrogens (tertiary/aromatic N) is 1. The van der Waals surface area contributed by atoms with Crippen LogP contribution in [-0.4, -0.2) is 56.1 Å². The lowest BCUT2D eigenvalue weighted by Crippen LogP contribution is -2.60. The molecular weight excluding hydrogens is 180 g/mol. The Bertz CT molecular complexity index is 216. The van der Waals surface area contributed by atoms with Gasteiger partial charge in [-0.15, -0.1) is 0 Å². The summed E-state index contributed by atoms with van der Waals surface area (Å²) in [6.07, 6.45) is 2.27. The number of hydrogen-bond acceptors (Lipinski definition) is 4. The fraction of sp³-hybridized carbons (Fsp3) is 1.00. The third kappa shape index (κ3) is 1.46. The van der Waals surface area contributed by atoms with Gasteiger partial charge in [-0.1, -0.05) is 0 Å². The van der Waals surface area contributed by atoms with Crippen molar-refractivity contribution in [3.05, 3.63) is 0 Å². The Balaban J connectivity index is 1.70. The number of piperazine rings is 1. The van der Waals surface area contributed by atoms with Gasteiger partial charge in [0.1, 0.15) is 0 Å². The predicted molar refractivity (Wildman–Crippen MR) is 52.1 cm³/mol. The second kappa shape index (κ2) is 3.45. The van der Waals surface area contributed by atoms with Gasteiger partial charge in [0.2, 0.25) is 0 Å². The molecule has 0 aromatic heterocycles. The zero-order chi connectivity index (χ0) is 9.43. The van der Waals surface area contributed by atoms with Crippen molar-refractivity contribution in [1.82, 2.24) is 10.2 Å². The van der Waals surface area contributed by atoms with E-state index in [2.05, 4.69) is 10.2 Å². The van der Waals surface area contributed by atoms with Gasteiger partial charge in [0.15, 0.2) is 5.79 Å². The molecule has 4 heteroatoms. The molecule has 3 aliphatic heterocycles. The normalized spacial score (nSPS) is 37.3. The molecule has 1 atom stereocenters. The van der Waals surface area contributed by atoms with E-state index in [1.807, 2.05) is 0 Å². The first-order valence-corrected chi connectivity index (χ1v) is 5.61. The van der Waals surface area contributed by atoms with Crippen molar-refractivity contribution in [2.24, 2.45) is 0 Å². The number of fused-ring (bicyclic) bond motifs is 1. The molecule has 0 bridgehead atoms. The van der Waals surface area contributed by atoms with Crippen LogP contribution in [-0.2, 0) is 9.47 Å². The second-order valence-electron chi connectivity index (χ2n) is 4.47. The van der Waals surface area contributed by atoms with Gasteiger partial charge in [-0.3, -0.25) is 4.90 Å². The molecule has 3 rings (SSSR count). The monoisotopic (exact) mass is 198 g/mol. The lowest BCUT2D eigenvalue weighted by atomic mass is 9.96. The Morgan fingerprint density at radius 1 is 1.29 bits per heavy atom. The zero-order valence-electron chi connectivity index (χ0n) is 8.50. The number of rotatable bonds is 0. The SMILES string of the molecule is C1CN2CC3(CCC2CN1)OCCO3. The minimum absolute atomic E-state index is 0.242. The molecule has 3 heterocycles. The summed E-state index contributed by atoms with van der Waals surface area (Å²) in [6, 6.07) is 0.710. The van der Waals surface area contributed by atoms with Crippen molar-refractivity contribution in [1.29, 1.82) is 0 Å². The van der Waals surface area contributed by atoms with E-state index in [0.717, 1.165) is 45.8 Å². The minimum Gasteiger partial charge on any atom is -0.346 e. The Morgan fingerprint density at radius 3 is 3.00 bits per heavy atom. The molecule has 3 saturated heterocycles. The van der Waals surface area contributed by atoms with E-state index in [1.54, 1.807) is 0 Å². The van der Waals surface area contributed by atoms with Crippen LogP contribution in [0.1, 0.15) is 12.8 Å². The summed E-state index contributed by atoms with van der Waals surface area (Å²) in [5.74, 6) is -0.242. The maximum Gasteiger partial charge on any atom is 0.181 e. The van der Waals surface area contributed by atoms with E-state index in [-0.39, 0.29) is 5.79 Å². The molecule has 0 amide bonds. The summed E-state index contributed by atoms with van der Waals surface area (Å²) in [4.78, 5) is 2.52. The van der Waals surface area contributed by atoms with Gasteiger partial charge < -0.3 is 14.8 Å². The Hall–Kier alpha value is -0.160. The van der Waals surface area contributed by atoms with Crippen LogP contribution < -0.4 is 5.32 Å². The van der Waals surface area contributed by atoms with Crippen LogP contribution in [0.5, 0.6) is 0 Å². The van der Waals surface area contributed by atoms with Crippen molar-refractivity contribution >= 4 is 0 Å². The molecule has 4 nitrogen and oxygen atoms in total. The van der Waals surface area contributed by atoms with E-state index in [0.29, 0.717) is 6.04 Å². The highest BCUT2D eigenvalue weighted by Crippen LogP contribution is 2.33. The lowest BCUT2D eigenvalue weighted by molar-refractivity contribution is -0.199. The Kier molecular flexibility index (Phi) is 2.24. The van der Waals surface area contributed by atoms with E-state index >= 15 is 0 Å². The molecule has 14 heavy (non-hydrogen) atoms. The average Bonchev–Trinajstić information content (AvgIpc) is 2.66. The Labute approximate surface area is 84.5 Å². The predicted octanol–water partition coefficient (Wildman–Crippen LogP) is -0.203. The van der Waals surface area contributed by atoms with Gasteiger partial charge in [0, 0.05) is 32.1 Å². The summed E-state index contributed by atoms with van der Waals surface area (Å²) >= 11 is 0. The van der Waals surface area contributed by atoms with Crippen LogP contribution in [0.15, 0.2) is 0 Å². The van der Waals surface area contributed by atoms with Gasteiger partial charge in [0.05, 0.1) is 19.8 Å². The molecule has 0 saturated carbocycles. The fourth-order valence-corrected chi connectivity index (χ4v) is 2.80. The topological polar surface area (TPSA) is 33.7 Å². The van der Waals surface area contributed by atoms with Gasteiger partial charge in [0.25, 0.3) is 0 Å². The van der Waals surface area contributed by atoms with Gasteiger partial charge in [-0.2, -0.15) is 0 Å². The van der Waals surface area contributed by atoms with Crippen molar-refractivity contribution < 1.29 is 9.47 Å². The molecular formula is C10H18N2O2. The van der Waals surface area contributed by atoms with Crippen molar-refractivity contribution in [2.45, 2.75) is 24.7 Å². The van der Waals surface area contributed by atoms with Gasteiger partial charge in [-0.25, -0.2) is 0 Å². The molecule has 0 aromatic carbocycles. The highest BCUT2D eigenvalue weighted by molar-refractivity contribution is 4.92. The van der Waals surface area contributed by atoms with Gasteiger partial charge in [-0.05, 0) is 6.42 Å².